The number of hydrogen-bond acceptors (Lipinski definition) is 3. The van der Waals surface area contributed by atoms with E-state index in [0.717, 1.165) is 28.9 Å². The molecule has 1 radical (unpaired) electrons. The Bertz CT molecular complexity index is 2250. The van der Waals surface area contributed by atoms with Gasteiger partial charge in [-0.15, -0.1) is 53.6 Å². The molecule has 7 aromatic rings. The Morgan fingerprint density at radius 3 is 2.24 bits per heavy atom. The molecule has 0 fully saturated rings. The summed E-state index contributed by atoms with van der Waals surface area (Å²) >= 11 is 1.82. The van der Waals surface area contributed by atoms with Gasteiger partial charge in [0.25, 0.3) is 0 Å². The van der Waals surface area contributed by atoms with Gasteiger partial charge in [-0.1, -0.05) is 92.5 Å². The molecule has 0 aliphatic rings. The second-order valence-electron chi connectivity index (χ2n) is 14.4. The molecule has 0 spiro atoms. The van der Waals surface area contributed by atoms with Crippen LogP contribution < -0.4 is 5.19 Å². The van der Waals surface area contributed by atoms with Gasteiger partial charge in [0.05, 0.1) is 8.07 Å². The molecule has 0 aliphatic heterocycles. The molecule has 0 saturated heterocycles. The zero-order valence-corrected chi connectivity index (χ0v) is 34.2. The van der Waals surface area contributed by atoms with Crippen LogP contribution >= 0.6 is 11.3 Å². The van der Waals surface area contributed by atoms with Gasteiger partial charge in [-0.05, 0) is 94.2 Å². The minimum atomic E-state index is -1.41. The average molecular weight is 871 g/mol. The molecule has 0 N–H and O–H groups in total. The predicted molar refractivity (Wildman–Crippen MR) is 211 cm³/mol. The number of aryl methyl sites for hydroxylation is 3. The van der Waals surface area contributed by atoms with Crippen LogP contribution in [0.4, 0.5) is 4.39 Å². The minimum Gasteiger partial charge on any atom is -0.305 e. The number of hydrogen-bond donors (Lipinski definition) is 0. The van der Waals surface area contributed by atoms with Crippen molar-refractivity contribution < 1.29 is 24.5 Å². The van der Waals surface area contributed by atoms with E-state index in [1.807, 2.05) is 29.8 Å². The summed E-state index contributed by atoms with van der Waals surface area (Å²) in [6.07, 6.45) is 5.00. The number of pyridine rings is 2. The summed E-state index contributed by atoms with van der Waals surface area (Å²) in [5, 5.41) is 4.01. The number of aromatic nitrogens is 2. The normalized spacial score (nSPS) is 11.4. The topological polar surface area (TPSA) is 25.8 Å². The van der Waals surface area contributed by atoms with Crippen LogP contribution in [0.2, 0.25) is 19.6 Å². The molecular formula is C44H43FIrN2SSi-2. The van der Waals surface area contributed by atoms with Crippen molar-refractivity contribution in [3.8, 4) is 33.6 Å². The van der Waals surface area contributed by atoms with Crippen LogP contribution in [0, 0.1) is 44.6 Å². The van der Waals surface area contributed by atoms with Gasteiger partial charge in [0.1, 0.15) is 0 Å². The second kappa shape index (κ2) is 15.6. The second-order valence-corrected chi connectivity index (χ2v) is 20.5. The van der Waals surface area contributed by atoms with E-state index in [4.69, 9.17) is 4.98 Å². The fourth-order valence-electron chi connectivity index (χ4n) is 6.73. The zero-order valence-electron chi connectivity index (χ0n) is 30.0. The summed E-state index contributed by atoms with van der Waals surface area (Å²) in [5.74, 6) is 0.340. The zero-order chi connectivity index (χ0) is 34.9. The summed E-state index contributed by atoms with van der Waals surface area (Å²) in [4.78, 5) is 9.30. The molecule has 0 aliphatic carbocycles. The molecule has 0 atom stereocenters. The van der Waals surface area contributed by atoms with Crippen LogP contribution in [0.15, 0.2) is 97.3 Å². The molecule has 0 amide bonds. The monoisotopic (exact) mass is 871 g/mol. The van der Waals surface area contributed by atoms with Gasteiger partial charge >= 0.3 is 0 Å². The van der Waals surface area contributed by atoms with Crippen molar-refractivity contribution in [2.75, 3.05) is 0 Å². The molecule has 2 nitrogen and oxygen atoms in total. The van der Waals surface area contributed by atoms with Crippen molar-refractivity contribution >= 4 is 44.8 Å². The number of rotatable bonds is 6. The van der Waals surface area contributed by atoms with E-state index >= 15 is 0 Å². The first-order valence-electron chi connectivity index (χ1n) is 16.9. The molecule has 50 heavy (non-hydrogen) atoms. The number of nitrogens with zero attached hydrogens (tertiary/aromatic N) is 2. The summed E-state index contributed by atoms with van der Waals surface area (Å²) in [7, 11) is -1.41. The third-order valence-corrected chi connectivity index (χ3v) is 12.1. The molecule has 0 unspecified atom stereocenters. The third kappa shape index (κ3) is 8.21. The van der Waals surface area contributed by atoms with Gasteiger partial charge in [0.2, 0.25) is 0 Å². The maximum atomic E-state index is 13.0. The van der Waals surface area contributed by atoms with Crippen molar-refractivity contribution in [2.24, 2.45) is 5.92 Å². The summed E-state index contributed by atoms with van der Waals surface area (Å²) in [6, 6.07) is 34.7. The van der Waals surface area contributed by atoms with Crippen molar-refractivity contribution in [1.29, 1.82) is 0 Å². The van der Waals surface area contributed by atoms with Crippen molar-refractivity contribution in [3.05, 3.63) is 138 Å². The van der Waals surface area contributed by atoms with E-state index in [-0.39, 0.29) is 25.9 Å². The Labute approximate surface area is 315 Å². The Kier molecular flexibility index (Phi) is 11.7. The fourth-order valence-corrected chi connectivity index (χ4v) is 9.53. The third-order valence-electron chi connectivity index (χ3n) is 8.80. The first-order valence-corrected chi connectivity index (χ1v) is 21.2. The van der Waals surface area contributed by atoms with Crippen LogP contribution in [0.25, 0.3) is 53.8 Å². The van der Waals surface area contributed by atoms with Gasteiger partial charge in [-0.25, -0.2) is 0 Å². The maximum Gasteiger partial charge on any atom is 0.0798 e. The van der Waals surface area contributed by atoms with Crippen LogP contribution in [-0.4, -0.2) is 18.0 Å². The average Bonchev–Trinajstić information content (AvgIpc) is 3.43. The van der Waals surface area contributed by atoms with Gasteiger partial charge < -0.3 is 9.97 Å². The number of halogens is 1. The first kappa shape index (κ1) is 37.5. The van der Waals surface area contributed by atoms with Gasteiger partial charge in [0.15, 0.2) is 0 Å². The van der Waals surface area contributed by atoms with Crippen molar-refractivity contribution in [1.82, 2.24) is 9.97 Å². The van der Waals surface area contributed by atoms with Crippen LogP contribution in [-0.2, 0) is 26.5 Å². The molecule has 4 aromatic carbocycles. The summed E-state index contributed by atoms with van der Waals surface area (Å²) in [5.41, 5.74) is 11.6. The van der Waals surface area contributed by atoms with E-state index in [9.17, 15) is 4.39 Å². The standard InChI is InChI=1S/C26H20NS.C18H23FNSi.Ir/c1-16-13-17(2)25(18(3)14-16)19-11-12-27-23(15-19)22-9-6-8-21-20-7-4-5-10-24(20)28-26(21)22;1-13(2)10-15-11-17(14-6-8-16(19)9-7-14)20-12-18(15)21(3,4)5;/h4-8,10-15H,1-3H3;6,8-9,11-13H,10H2,1-5H3;/q2*-1;. The van der Waals surface area contributed by atoms with Crippen LogP contribution in [0.5, 0.6) is 0 Å². The quantitative estimate of drug-likeness (QED) is 0.123. The molecule has 257 valence electrons. The first-order chi connectivity index (χ1) is 23.4. The van der Waals surface area contributed by atoms with E-state index in [1.54, 1.807) is 6.07 Å². The van der Waals surface area contributed by atoms with Gasteiger partial charge in [-0.2, -0.15) is 11.3 Å². The molecule has 0 saturated carbocycles. The number of thiophene rings is 1. The van der Waals surface area contributed by atoms with Crippen LogP contribution in [0.1, 0.15) is 36.1 Å². The SMILES string of the molecule is CC(C)Cc1cc(-c2[c-]cc(F)cc2)ncc1[Si](C)(C)C.Cc1cc(C)c(-c2ccnc(-c3[c-]ccc4c3sc3ccccc34)c2)c(C)c1.[Ir]. The largest absolute Gasteiger partial charge is 0.305 e. The van der Waals surface area contributed by atoms with Crippen molar-refractivity contribution in [3.63, 3.8) is 0 Å². The molecule has 6 heteroatoms. The Morgan fingerprint density at radius 2 is 1.56 bits per heavy atom. The smallest absolute Gasteiger partial charge is 0.0798 e. The van der Waals surface area contributed by atoms with E-state index in [1.165, 1.54) is 70.9 Å². The molecule has 3 aromatic heterocycles. The molecule has 0 bridgehead atoms. The Hall–Kier alpha value is -3.80. The Balaban J connectivity index is 0.000000199. The maximum absolute atomic E-state index is 13.0. The van der Waals surface area contributed by atoms with E-state index < -0.39 is 8.07 Å². The summed E-state index contributed by atoms with van der Waals surface area (Å²) in [6.45, 7) is 18.0. The number of benzene rings is 4. The van der Waals surface area contributed by atoms with E-state index in [2.05, 4.69) is 132 Å². The Morgan fingerprint density at radius 1 is 0.820 bits per heavy atom. The van der Waals surface area contributed by atoms with Crippen LogP contribution in [0.3, 0.4) is 0 Å². The minimum absolute atomic E-state index is 0. The predicted octanol–water partition coefficient (Wildman–Crippen LogP) is 11.9. The summed E-state index contributed by atoms with van der Waals surface area (Å²) < 4.78 is 15.6. The molecular weight excluding hydrogens is 828 g/mol. The molecule has 3 heterocycles. The number of fused-ring (bicyclic) bond motifs is 3. The van der Waals surface area contributed by atoms with E-state index in [0.29, 0.717) is 5.92 Å². The fraction of sp³-hybridized carbons (Fsp3) is 0.227. The van der Waals surface area contributed by atoms with Gasteiger partial charge in [-0.3, -0.25) is 4.39 Å². The molecule has 7 rings (SSSR count). The van der Waals surface area contributed by atoms with Crippen molar-refractivity contribution in [2.45, 2.75) is 60.7 Å². The van der Waals surface area contributed by atoms with Gasteiger partial charge in [0, 0.05) is 43.0 Å².